The molecule has 0 spiro atoms. The predicted molar refractivity (Wildman–Crippen MR) is 89.6 cm³/mol. The molecule has 0 aromatic heterocycles. The lowest BCUT2D eigenvalue weighted by atomic mass is 10.0. The summed E-state index contributed by atoms with van der Waals surface area (Å²) in [7, 11) is 1.68. The maximum atomic E-state index is 6.05. The van der Waals surface area contributed by atoms with Gasteiger partial charge in [-0.05, 0) is 54.3 Å². The zero-order valence-corrected chi connectivity index (χ0v) is 14.4. The summed E-state index contributed by atoms with van der Waals surface area (Å²) in [6.07, 6.45) is 0.851. The first kappa shape index (κ1) is 15.7. The maximum absolute atomic E-state index is 6.05. The summed E-state index contributed by atoms with van der Waals surface area (Å²) in [5.74, 6) is 0.875. The average Bonchev–Trinajstić information content (AvgIpc) is 2.42. The monoisotopic (exact) mass is 372 g/mol. The topological polar surface area (TPSA) is 9.23 Å². The number of hydrogen-bond acceptors (Lipinski definition) is 1. The van der Waals surface area contributed by atoms with Crippen molar-refractivity contribution < 1.29 is 4.74 Å². The van der Waals surface area contributed by atoms with E-state index >= 15 is 0 Å². The average molecular weight is 374 g/mol. The summed E-state index contributed by atoms with van der Waals surface area (Å²) < 4.78 is 5.23. The first-order chi connectivity index (χ1) is 9.51. The molecule has 1 atom stereocenters. The third kappa shape index (κ3) is 3.69. The highest BCUT2D eigenvalue weighted by Gasteiger charge is 2.12. The molecule has 0 amide bonds. The van der Waals surface area contributed by atoms with Crippen LogP contribution in [0, 0.1) is 6.92 Å². The van der Waals surface area contributed by atoms with E-state index in [1.165, 1.54) is 11.1 Å². The Morgan fingerprint density at radius 1 is 1.10 bits per heavy atom. The smallest absolute Gasteiger partial charge is 0.119 e. The molecule has 2 aromatic rings. The second-order valence-corrected chi connectivity index (χ2v) is 6.56. The van der Waals surface area contributed by atoms with Crippen LogP contribution in [0.4, 0.5) is 0 Å². The number of benzene rings is 2. The lowest BCUT2D eigenvalue weighted by Crippen LogP contribution is -1.98. The SMILES string of the molecule is COc1ccc(C(Br)Cc2ccc(Cl)c(Cl)c2)c(C)c1. The molecule has 20 heavy (non-hydrogen) atoms. The fourth-order valence-electron chi connectivity index (χ4n) is 2.11. The minimum Gasteiger partial charge on any atom is -0.497 e. The number of ether oxygens (including phenoxy) is 1. The van der Waals surface area contributed by atoms with Gasteiger partial charge in [0.1, 0.15) is 5.75 Å². The molecular weight excluding hydrogens is 359 g/mol. The molecule has 0 heterocycles. The first-order valence-electron chi connectivity index (χ1n) is 6.24. The van der Waals surface area contributed by atoms with Crippen molar-refractivity contribution in [3.05, 3.63) is 63.1 Å². The largest absolute Gasteiger partial charge is 0.497 e. The number of hydrogen-bond donors (Lipinski definition) is 0. The van der Waals surface area contributed by atoms with Crippen LogP contribution in [0.1, 0.15) is 21.5 Å². The van der Waals surface area contributed by atoms with Crippen molar-refractivity contribution in [1.82, 2.24) is 0 Å². The molecule has 1 unspecified atom stereocenters. The van der Waals surface area contributed by atoms with Gasteiger partial charge in [-0.15, -0.1) is 0 Å². The van der Waals surface area contributed by atoms with Crippen LogP contribution in [0.5, 0.6) is 5.75 Å². The van der Waals surface area contributed by atoms with Gasteiger partial charge in [0.2, 0.25) is 0 Å². The molecule has 0 radical (unpaired) electrons. The fourth-order valence-corrected chi connectivity index (χ4v) is 3.32. The van der Waals surface area contributed by atoms with E-state index < -0.39 is 0 Å². The van der Waals surface area contributed by atoms with Gasteiger partial charge in [0, 0.05) is 4.83 Å². The van der Waals surface area contributed by atoms with Crippen molar-refractivity contribution in [3.8, 4) is 5.75 Å². The molecule has 0 saturated heterocycles. The van der Waals surface area contributed by atoms with Crippen molar-refractivity contribution in [2.45, 2.75) is 18.2 Å². The molecular formula is C16H15BrCl2O. The van der Waals surface area contributed by atoms with Crippen LogP contribution < -0.4 is 4.74 Å². The molecule has 2 rings (SSSR count). The molecule has 0 aliphatic rings. The number of methoxy groups -OCH3 is 1. The van der Waals surface area contributed by atoms with Crippen LogP contribution in [-0.4, -0.2) is 7.11 Å². The van der Waals surface area contributed by atoms with E-state index in [2.05, 4.69) is 28.9 Å². The van der Waals surface area contributed by atoms with Gasteiger partial charge in [0.05, 0.1) is 17.2 Å². The third-order valence-electron chi connectivity index (χ3n) is 3.21. The summed E-state index contributed by atoms with van der Waals surface area (Å²) in [5, 5.41) is 1.18. The van der Waals surface area contributed by atoms with Crippen molar-refractivity contribution in [1.29, 1.82) is 0 Å². The van der Waals surface area contributed by atoms with Crippen molar-refractivity contribution in [2.75, 3.05) is 7.11 Å². The van der Waals surface area contributed by atoms with Crippen molar-refractivity contribution in [2.24, 2.45) is 0 Å². The van der Waals surface area contributed by atoms with Gasteiger partial charge in [-0.1, -0.05) is 51.3 Å². The fraction of sp³-hybridized carbons (Fsp3) is 0.250. The number of alkyl halides is 1. The molecule has 0 bridgehead atoms. The molecule has 0 saturated carbocycles. The zero-order chi connectivity index (χ0) is 14.7. The standard InChI is InChI=1S/C16H15BrCl2O/c1-10-7-12(20-2)4-5-13(10)14(17)8-11-3-6-15(18)16(19)9-11/h3-7,9,14H,8H2,1-2H3. The lowest BCUT2D eigenvalue weighted by Gasteiger charge is -2.14. The van der Waals surface area contributed by atoms with Gasteiger partial charge < -0.3 is 4.74 Å². The van der Waals surface area contributed by atoms with E-state index in [1.807, 2.05) is 30.3 Å². The molecule has 1 nitrogen and oxygen atoms in total. The van der Waals surface area contributed by atoms with E-state index in [-0.39, 0.29) is 4.83 Å². The van der Waals surface area contributed by atoms with Gasteiger partial charge in [-0.2, -0.15) is 0 Å². The second kappa shape index (κ2) is 6.84. The molecule has 0 aliphatic carbocycles. The second-order valence-electron chi connectivity index (χ2n) is 4.64. The Morgan fingerprint density at radius 2 is 1.85 bits per heavy atom. The highest BCUT2D eigenvalue weighted by molar-refractivity contribution is 9.09. The predicted octanol–water partition coefficient (Wildman–Crippen LogP) is 5.99. The summed E-state index contributed by atoms with van der Waals surface area (Å²) in [6, 6.07) is 11.9. The highest BCUT2D eigenvalue weighted by Crippen LogP contribution is 2.33. The summed E-state index contributed by atoms with van der Waals surface area (Å²) in [4.78, 5) is 0.227. The van der Waals surface area contributed by atoms with Crippen LogP contribution in [0.15, 0.2) is 36.4 Å². The van der Waals surface area contributed by atoms with Gasteiger partial charge in [-0.25, -0.2) is 0 Å². The van der Waals surface area contributed by atoms with E-state index in [0.29, 0.717) is 10.0 Å². The van der Waals surface area contributed by atoms with Crippen molar-refractivity contribution >= 4 is 39.1 Å². The van der Waals surface area contributed by atoms with Crippen molar-refractivity contribution in [3.63, 3.8) is 0 Å². The van der Waals surface area contributed by atoms with Crippen LogP contribution in [-0.2, 0) is 6.42 Å². The zero-order valence-electron chi connectivity index (χ0n) is 11.3. The van der Waals surface area contributed by atoms with Crippen LogP contribution >= 0.6 is 39.1 Å². The Hall–Kier alpha value is -0.700. The third-order valence-corrected chi connectivity index (χ3v) is 4.77. The van der Waals surface area contributed by atoms with Crippen LogP contribution in [0.25, 0.3) is 0 Å². The maximum Gasteiger partial charge on any atom is 0.119 e. The van der Waals surface area contributed by atoms with E-state index in [0.717, 1.165) is 17.7 Å². The molecule has 106 valence electrons. The van der Waals surface area contributed by atoms with E-state index in [4.69, 9.17) is 27.9 Å². The Bertz CT molecular complexity index is 613. The van der Waals surface area contributed by atoms with Crippen LogP contribution in [0.3, 0.4) is 0 Å². The molecule has 0 aliphatic heterocycles. The van der Waals surface area contributed by atoms with Gasteiger partial charge in [0.25, 0.3) is 0 Å². The molecule has 4 heteroatoms. The number of aryl methyl sites for hydroxylation is 1. The number of rotatable bonds is 4. The summed E-state index contributed by atoms with van der Waals surface area (Å²) in [6.45, 7) is 2.08. The minimum absolute atomic E-state index is 0.227. The molecule has 0 N–H and O–H groups in total. The Kier molecular flexibility index (Phi) is 5.36. The Balaban J connectivity index is 2.19. The van der Waals surface area contributed by atoms with Gasteiger partial charge in [-0.3, -0.25) is 0 Å². The quantitative estimate of drug-likeness (QED) is 0.598. The van der Waals surface area contributed by atoms with Gasteiger partial charge in [0.15, 0.2) is 0 Å². The Morgan fingerprint density at radius 3 is 2.45 bits per heavy atom. The molecule has 0 fully saturated rings. The Labute approximate surface area is 138 Å². The number of halogens is 3. The first-order valence-corrected chi connectivity index (χ1v) is 7.91. The van der Waals surface area contributed by atoms with Gasteiger partial charge >= 0.3 is 0 Å². The summed E-state index contributed by atoms with van der Waals surface area (Å²) >= 11 is 15.7. The van der Waals surface area contributed by atoms with E-state index in [9.17, 15) is 0 Å². The molecule has 2 aromatic carbocycles. The summed E-state index contributed by atoms with van der Waals surface area (Å²) in [5.41, 5.74) is 3.60. The normalized spacial score (nSPS) is 12.2. The van der Waals surface area contributed by atoms with Crippen LogP contribution in [0.2, 0.25) is 10.0 Å². The highest BCUT2D eigenvalue weighted by atomic mass is 79.9. The van der Waals surface area contributed by atoms with E-state index in [1.54, 1.807) is 7.11 Å². The lowest BCUT2D eigenvalue weighted by molar-refractivity contribution is 0.414. The minimum atomic E-state index is 0.227.